The number of nitrogens with one attached hydrogen (secondary N) is 2. The van der Waals surface area contributed by atoms with Gasteiger partial charge in [0.25, 0.3) is 0 Å². The molecule has 3 rings (SSSR count). The van der Waals surface area contributed by atoms with Crippen LogP contribution in [0.4, 0.5) is 4.79 Å². The molecule has 2 atom stereocenters. The minimum atomic E-state index is -1.12. The smallest absolute Gasteiger partial charge is 0.407 e. The highest BCUT2D eigenvalue weighted by Gasteiger charge is 2.29. The Labute approximate surface area is 206 Å². The number of rotatable bonds is 13. The van der Waals surface area contributed by atoms with E-state index in [1.807, 2.05) is 24.3 Å². The van der Waals surface area contributed by atoms with E-state index in [0.717, 1.165) is 19.3 Å². The van der Waals surface area contributed by atoms with E-state index in [4.69, 9.17) is 9.47 Å². The number of fused-ring (bicyclic) bond motifs is 3. The molecule has 2 amide bonds. The Morgan fingerprint density at radius 3 is 2.14 bits per heavy atom. The van der Waals surface area contributed by atoms with Crippen LogP contribution in [0.2, 0.25) is 0 Å². The van der Waals surface area contributed by atoms with Crippen molar-refractivity contribution in [3.63, 3.8) is 0 Å². The van der Waals surface area contributed by atoms with Crippen molar-refractivity contribution >= 4 is 18.0 Å². The molecule has 0 saturated carbocycles. The van der Waals surface area contributed by atoms with Gasteiger partial charge >= 0.3 is 12.1 Å². The maximum atomic E-state index is 12.2. The number of benzene rings is 2. The number of hydrogen-bond acceptors (Lipinski definition) is 5. The third kappa shape index (κ3) is 7.05. The second kappa shape index (κ2) is 12.9. The Morgan fingerprint density at radius 1 is 0.943 bits per heavy atom. The first-order chi connectivity index (χ1) is 16.9. The summed E-state index contributed by atoms with van der Waals surface area (Å²) >= 11 is 0. The lowest BCUT2D eigenvalue weighted by atomic mass is 9.98. The van der Waals surface area contributed by atoms with Gasteiger partial charge in [-0.25, -0.2) is 9.59 Å². The Balaban J connectivity index is 1.30. The van der Waals surface area contributed by atoms with Crippen LogP contribution < -0.4 is 10.6 Å². The molecule has 1 aliphatic rings. The predicted octanol–water partition coefficient (Wildman–Crippen LogP) is 4.08. The molecule has 0 spiro atoms. The number of hydrogen-bond donors (Lipinski definition) is 3. The molecule has 8 heteroatoms. The molecule has 3 N–H and O–H groups in total. The van der Waals surface area contributed by atoms with E-state index in [0.29, 0.717) is 13.0 Å². The summed E-state index contributed by atoms with van der Waals surface area (Å²) in [5.41, 5.74) is 4.74. The van der Waals surface area contributed by atoms with Gasteiger partial charge in [0.05, 0.1) is 6.10 Å². The highest BCUT2D eigenvalue weighted by atomic mass is 16.5. The highest BCUT2D eigenvalue weighted by Crippen LogP contribution is 2.44. The molecule has 0 radical (unpaired) electrons. The summed E-state index contributed by atoms with van der Waals surface area (Å²) in [6, 6.07) is 15.4. The zero-order valence-corrected chi connectivity index (χ0v) is 20.3. The molecule has 188 valence electrons. The maximum absolute atomic E-state index is 12.2. The van der Waals surface area contributed by atoms with Gasteiger partial charge in [-0.15, -0.1) is 0 Å². The summed E-state index contributed by atoms with van der Waals surface area (Å²) in [7, 11) is 1.41. The summed E-state index contributed by atoms with van der Waals surface area (Å²) in [6.45, 7) is 2.38. The van der Waals surface area contributed by atoms with E-state index in [1.165, 1.54) is 29.4 Å². The van der Waals surface area contributed by atoms with Crippen LogP contribution in [-0.4, -0.2) is 55.5 Å². The van der Waals surface area contributed by atoms with Crippen molar-refractivity contribution in [3.05, 3.63) is 59.7 Å². The lowest BCUT2D eigenvalue weighted by Gasteiger charge is -2.20. The number of carbonyl (C=O) groups is 3. The van der Waals surface area contributed by atoms with Gasteiger partial charge in [-0.2, -0.15) is 0 Å². The normalized spacial score (nSPS) is 13.9. The lowest BCUT2D eigenvalue weighted by molar-refractivity contribution is -0.145. The third-order valence-corrected chi connectivity index (χ3v) is 6.37. The number of alkyl carbamates (subject to hydrolysis) is 1. The van der Waals surface area contributed by atoms with Crippen LogP contribution in [0.25, 0.3) is 11.1 Å². The van der Waals surface area contributed by atoms with E-state index in [1.54, 1.807) is 6.92 Å². The summed E-state index contributed by atoms with van der Waals surface area (Å²) in [4.78, 5) is 35.4. The molecule has 0 heterocycles. The summed E-state index contributed by atoms with van der Waals surface area (Å²) in [5, 5.41) is 14.5. The van der Waals surface area contributed by atoms with Crippen LogP contribution in [0.1, 0.15) is 56.1 Å². The average Bonchev–Trinajstić information content (AvgIpc) is 3.18. The molecule has 0 saturated heterocycles. The number of ether oxygens (including phenoxy) is 2. The van der Waals surface area contributed by atoms with Gasteiger partial charge in [-0.05, 0) is 42.0 Å². The van der Waals surface area contributed by atoms with Crippen LogP contribution in [0.3, 0.4) is 0 Å². The first-order valence-corrected chi connectivity index (χ1v) is 12.1. The van der Waals surface area contributed by atoms with Crippen molar-refractivity contribution in [1.82, 2.24) is 10.6 Å². The summed E-state index contributed by atoms with van der Waals surface area (Å²) < 4.78 is 10.5. The minimum absolute atomic E-state index is 0.0342. The van der Waals surface area contributed by atoms with Crippen molar-refractivity contribution in [2.45, 2.75) is 57.1 Å². The van der Waals surface area contributed by atoms with Crippen molar-refractivity contribution in [2.75, 3.05) is 20.3 Å². The van der Waals surface area contributed by atoms with Crippen molar-refractivity contribution in [1.29, 1.82) is 0 Å². The molecule has 0 aromatic heterocycles. The molecule has 35 heavy (non-hydrogen) atoms. The first-order valence-electron chi connectivity index (χ1n) is 12.1. The van der Waals surface area contributed by atoms with E-state index in [2.05, 4.69) is 34.9 Å². The molecular weight excluding hydrogens is 448 g/mol. The van der Waals surface area contributed by atoms with Crippen molar-refractivity contribution in [3.8, 4) is 11.1 Å². The van der Waals surface area contributed by atoms with Crippen LogP contribution >= 0.6 is 0 Å². The van der Waals surface area contributed by atoms with Crippen molar-refractivity contribution < 1.29 is 29.0 Å². The summed E-state index contributed by atoms with van der Waals surface area (Å²) in [6.07, 6.45) is 2.26. The molecule has 1 aliphatic carbocycles. The number of carboxylic acids is 1. The first kappa shape index (κ1) is 26.2. The summed E-state index contributed by atoms with van der Waals surface area (Å²) in [5.74, 6) is -1.39. The monoisotopic (exact) mass is 482 g/mol. The van der Waals surface area contributed by atoms with Gasteiger partial charge in [0.15, 0.2) is 6.04 Å². The van der Waals surface area contributed by atoms with Crippen molar-refractivity contribution in [2.24, 2.45) is 0 Å². The number of carbonyl (C=O) groups excluding carboxylic acids is 2. The second-order valence-corrected chi connectivity index (χ2v) is 8.74. The Hall–Kier alpha value is -3.39. The fourth-order valence-electron chi connectivity index (χ4n) is 4.37. The van der Waals surface area contributed by atoms with Crippen LogP contribution in [0.5, 0.6) is 0 Å². The Bertz CT molecular complexity index is 979. The lowest BCUT2D eigenvalue weighted by Crippen LogP contribution is -2.48. The third-order valence-electron chi connectivity index (χ3n) is 6.37. The quantitative estimate of drug-likeness (QED) is 0.371. The van der Waals surface area contributed by atoms with Gasteiger partial charge in [-0.1, -0.05) is 61.4 Å². The minimum Gasteiger partial charge on any atom is -0.480 e. The number of carboxylic acid groups (broad SMARTS) is 1. The van der Waals surface area contributed by atoms with Gasteiger partial charge in [-0.3, -0.25) is 4.79 Å². The van der Waals surface area contributed by atoms with Gasteiger partial charge < -0.3 is 25.2 Å². The standard InChI is InChI=1S/C27H34N2O6/c1-18(34-2)25(26(31)32)29-24(30)15-5-3-4-10-16-28-27(33)35-17-23-21-13-8-6-11-19(21)20-12-7-9-14-22(20)23/h6-9,11-14,18,23,25H,3-5,10,15-17H2,1-2H3,(H,28,33)(H,29,30)(H,31,32). The number of aliphatic carboxylic acids is 1. The Kier molecular flexibility index (Phi) is 9.66. The predicted molar refractivity (Wildman–Crippen MR) is 132 cm³/mol. The van der Waals surface area contributed by atoms with E-state index < -0.39 is 24.2 Å². The molecule has 2 aromatic carbocycles. The topological polar surface area (TPSA) is 114 Å². The molecule has 8 nitrogen and oxygen atoms in total. The fraction of sp³-hybridized carbons (Fsp3) is 0.444. The number of methoxy groups -OCH3 is 1. The zero-order valence-electron chi connectivity index (χ0n) is 20.3. The maximum Gasteiger partial charge on any atom is 0.407 e. The Morgan fingerprint density at radius 2 is 1.54 bits per heavy atom. The molecular formula is C27H34N2O6. The highest BCUT2D eigenvalue weighted by molar-refractivity contribution is 5.84. The van der Waals surface area contributed by atoms with E-state index >= 15 is 0 Å². The molecule has 2 aromatic rings. The van der Waals surface area contributed by atoms with E-state index in [-0.39, 0.29) is 24.9 Å². The van der Waals surface area contributed by atoms with Gasteiger partial charge in [0.1, 0.15) is 6.61 Å². The van der Waals surface area contributed by atoms with Crippen LogP contribution in [0, 0.1) is 0 Å². The molecule has 0 aliphatic heterocycles. The zero-order chi connectivity index (χ0) is 25.2. The number of unbranched alkanes of at least 4 members (excludes halogenated alkanes) is 3. The SMILES string of the molecule is COC(C)C(NC(=O)CCCCCCNC(=O)OCC1c2ccccc2-c2ccccc21)C(=O)O. The van der Waals surface area contributed by atoms with Gasteiger partial charge in [0.2, 0.25) is 5.91 Å². The van der Waals surface area contributed by atoms with Crippen LogP contribution in [0.15, 0.2) is 48.5 Å². The van der Waals surface area contributed by atoms with E-state index in [9.17, 15) is 19.5 Å². The van der Waals surface area contributed by atoms with Gasteiger partial charge in [0, 0.05) is 26.0 Å². The second-order valence-electron chi connectivity index (χ2n) is 8.74. The molecule has 0 bridgehead atoms. The largest absolute Gasteiger partial charge is 0.480 e. The fourth-order valence-corrected chi connectivity index (χ4v) is 4.37. The average molecular weight is 483 g/mol. The van der Waals surface area contributed by atoms with Crippen LogP contribution in [-0.2, 0) is 19.1 Å². The number of amides is 2. The molecule has 0 fully saturated rings. The molecule has 2 unspecified atom stereocenters.